The summed E-state index contributed by atoms with van der Waals surface area (Å²) in [5, 5.41) is 8.74. The van der Waals surface area contributed by atoms with Crippen molar-refractivity contribution in [2.75, 3.05) is 0 Å². The van der Waals surface area contributed by atoms with E-state index in [1.165, 1.54) is 5.56 Å². The Labute approximate surface area is 96.3 Å². The van der Waals surface area contributed by atoms with Gasteiger partial charge in [-0.15, -0.1) is 0 Å². The smallest absolute Gasteiger partial charge is 0.303 e. The van der Waals surface area contributed by atoms with Crippen molar-refractivity contribution < 1.29 is 9.90 Å². The molecular formula is C13H19NO2. The first-order chi connectivity index (χ1) is 7.41. The van der Waals surface area contributed by atoms with Crippen LogP contribution in [0.1, 0.15) is 36.1 Å². The number of carboxylic acids is 1. The second kappa shape index (κ2) is 5.12. The summed E-state index contributed by atoms with van der Waals surface area (Å²) in [6.45, 7) is 5.91. The van der Waals surface area contributed by atoms with Crippen LogP contribution >= 0.6 is 0 Å². The summed E-state index contributed by atoms with van der Waals surface area (Å²) >= 11 is 0. The molecule has 2 atom stereocenters. The van der Waals surface area contributed by atoms with Crippen LogP contribution in [0.25, 0.3) is 0 Å². The molecule has 88 valence electrons. The highest BCUT2D eigenvalue weighted by molar-refractivity contribution is 5.67. The van der Waals surface area contributed by atoms with Gasteiger partial charge in [0.2, 0.25) is 0 Å². The van der Waals surface area contributed by atoms with Crippen LogP contribution < -0.4 is 5.73 Å². The minimum absolute atomic E-state index is 0.0566. The SMILES string of the molecule is Cc1ccc(C(N)C(C)CC(=O)O)c(C)c1. The molecule has 0 radical (unpaired) electrons. The summed E-state index contributed by atoms with van der Waals surface area (Å²) in [4.78, 5) is 10.6. The third-order valence-electron chi connectivity index (χ3n) is 2.89. The van der Waals surface area contributed by atoms with Crippen molar-refractivity contribution in [3.8, 4) is 0 Å². The molecule has 1 aromatic rings. The molecule has 0 aliphatic heterocycles. The van der Waals surface area contributed by atoms with Gasteiger partial charge in [-0.25, -0.2) is 0 Å². The summed E-state index contributed by atoms with van der Waals surface area (Å²) in [5.74, 6) is -0.855. The van der Waals surface area contributed by atoms with Crippen LogP contribution in [-0.4, -0.2) is 11.1 Å². The Morgan fingerprint density at radius 1 is 1.44 bits per heavy atom. The Kier molecular flexibility index (Phi) is 4.07. The zero-order valence-electron chi connectivity index (χ0n) is 10.0. The number of hydrogen-bond acceptors (Lipinski definition) is 2. The van der Waals surface area contributed by atoms with Gasteiger partial charge in [0, 0.05) is 12.5 Å². The first kappa shape index (κ1) is 12.7. The second-order valence-electron chi connectivity index (χ2n) is 4.46. The van der Waals surface area contributed by atoms with Crippen molar-refractivity contribution in [2.45, 2.75) is 33.2 Å². The van der Waals surface area contributed by atoms with E-state index in [1.807, 2.05) is 32.9 Å². The molecular weight excluding hydrogens is 202 g/mol. The zero-order valence-corrected chi connectivity index (χ0v) is 10.0. The Morgan fingerprint density at radius 2 is 2.06 bits per heavy atom. The summed E-state index contributed by atoms with van der Waals surface area (Å²) in [5.41, 5.74) is 9.44. The fourth-order valence-corrected chi connectivity index (χ4v) is 1.91. The lowest BCUT2D eigenvalue weighted by Gasteiger charge is -2.20. The van der Waals surface area contributed by atoms with Crippen LogP contribution in [0, 0.1) is 19.8 Å². The standard InChI is InChI=1S/C13H19NO2/c1-8-4-5-11(9(2)6-8)13(14)10(3)7-12(15)16/h4-6,10,13H,7,14H2,1-3H3,(H,15,16). The number of nitrogens with two attached hydrogens (primary N) is 1. The fourth-order valence-electron chi connectivity index (χ4n) is 1.91. The summed E-state index contributed by atoms with van der Waals surface area (Å²) in [6, 6.07) is 5.86. The minimum Gasteiger partial charge on any atom is -0.481 e. The van der Waals surface area contributed by atoms with E-state index in [0.29, 0.717) is 0 Å². The van der Waals surface area contributed by atoms with Crippen LogP contribution in [0.3, 0.4) is 0 Å². The van der Waals surface area contributed by atoms with Gasteiger partial charge in [-0.05, 0) is 30.9 Å². The van der Waals surface area contributed by atoms with Crippen molar-refractivity contribution in [1.29, 1.82) is 0 Å². The number of benzene rings is 1. The molecule has 0 bridgehead atoms. The molecule has 0 aromatic heterocycles. The Balaban J connectivity index is 2.87. The normalized spacial score (nSPS) is 14.5. The quantitative estimate of drug-likeness (QED) is 0.820. The van der Waals surface area contributed by atoms with Gasteiger partial charge in [-0.2, -0.15) is 0 Å². The largest absolute Gasteiger partial charge is 0.481 e. The molecule has 1 aromatic carbocycles. The molecule has 16 heavy (non-hydrogen) atoms. The molecule has 3 nitrogen and oxygen atoms in total. The van der Waals surface area contributed by atoms with Crippen LogP contribution in [0.2, 0.25) is 0 Å². The number of hydrogen-bond donors (Lipinski definition) is 2. The highest BCUT2D eigenvalue weighted by Crippen LogP contribution is 2.25. The van der Waals surface area contributed by atoms with Crippen molar-refractivity contribution in [1.82, 2.24) is 0 Å². The maximum Gasteiger partial charge on any atom is 0.303 e. The molecule has 0 fully saturated rings. The zero-order chi connectivity index (χ0) is 12.3. The summed E-state index contributed by atoms with van der Waals surface area (Å²) in [6.07, 6.45) is 0.106. The molecule has 3 heteroatoms. The van der Waals surface area contributed by atoms with Gasteiger partial charge in [0.25, 0.3) is 0 Å². The highest BCUT2D eigenvalue weighted by atomic mass is 16.4. The minimum atomic E-state index is -0.798. The monoisotopic (exact) mass is 221 g/mol. The van der Waals surface area contributed by atoms with E-state index in [9.17, 15) is 4.79 Å². The van der Waals surface area contributed by atoms with Crippen molar-refractivity contribution >= 4 is 5.97 Å². The van der Waals surface area contributed by atoms with Crippen LogP contribution in [0.5, 0.6) is 0 Å². The molecule has 0 saturated heterocycles. The van der Waals surface area contributed by atoms with Gasteiger partial charge in [-0.1, -0.05) is 30.7 Å². The molecule has 2 unspecified atom stereocenters. The van der Waals surface area contributed by atoms with Gasteiger partial charge in [0.15, 0.2) is 0 Å². The molecule has 3 N–H and O–H groups in total. The van der Waals surface area contributed by atoms with Gasteiger partial charge >= 0.3 is 5.97 Å². The summed E-state index contributed by atoms with van der Waals surface area (Å²) < 4.78 is 0. The lowest BCUT2D eigenvalue weighted by molar-refractivity contribution is -0.138. The molecule has 0 spiro atoms. The number of rotatable bonds is 4. The van der Waals surface area contributed by atoms with E-state index in [4.69, 9.17) is 10.8 Å². The molecule has 0 heterocycles. The van der Waals surface area contributed by atoms with Gasteiger partial charge in [-0.3, -0.25) is 4.79 Å². The van der Waals surface area contributed by atoms with Gasteiger partial charge in [0.1, 0.15) is 0 Å². The number of aliphatic carboxylic acids is 1. The van der Waals surface area contributed by atoms with Crippen molar-refractivity contribution in [3.63, 3.8) is 0 Å². The number of carboxylic acid groups (broad SMARTS) is 1. The van der Waals surface area contributed by atoms with Crippen LogP contribution in [0.15, 0.2) is 18.2 Å². The second-order valence-corrected chi connectivity index (χ2v) is 4.46. The van der Waals surface area contributed by atoms with E-state index >= 15 is 0 Å². The average molecular weight is 221 g/mol. The van der Waals surface area contributed by atoms with Crippen molar-refractivity contribution in [2.24, 2.45) is 11.7 Å². The molecule has 0 aliphatic rings. The molecule has 0 amide bonds. The Hall–Kier alpha value is -1.35. The van der Waals surface area contributed by atoms with E-state index in [0.717, 1.165) is 11.1 Å². The fraction of sp³-hybridized carbons (Fsp3) is 0.462. The molecule has 1 rings (SSSR count). The van der Waals surface area contributed by atoms with E-state index < -0.39 is 5.97 Å². The third-order valence-corrected chi connectivity index (χ3v) is 2.89. The summed E-state index contributed by atoms with van der Waals surface area (Å²) in [7, 11) is 0. The molecule has 0 aliphatic carbocycles. The van der Waals surface area contributed by atoms with Gasteiger partial charge in [0.05, 0.1) is 0 Å². The maximum atomic E-state index is 10.6. The Morgan fingerprint density at radius 3 is 2.56 bits per heavy atom. The number of aryl methyl sites for hydroxylation is 2. The average Bonchev–Trinajstić information content (AvgIpc) is 2.15. The van der Waals surface area contributed by atoms with E-state index in [2.05, 4.69) is 6.07 Å². The van der Waals surface area contributed by atoms with E-state index in [1.54, 1.807) is 0 Å². The number of carbonyl (C=O) groups is 1. The van der Waals surface area contributed by atoms with Crippen LogP contribution in [-0.2, 0) is 4.79 Å². The lowest BCUT2D eigenvalue weighted by atomic mass is 9.89. The highest BCUT2D eigenvalue weighted by Gasteiger charge is 2.19. The Bertz CT molecular complexity index is 388. The third kappa shape index (κ3) is 3.07. The van der Waals surface area contributed by atoms with Crippen LogP contribution in [0.4, 0.5) is 0 Å². The molecule has 0 saturated carbocycles. The topological polar surface area (TPSA) is 63.3 Å². The van der Waals surface area contributed by atoms with Gasteiger partial charge < -0.3 is 10.8 Å². The maximum absolute atomic E-state index is 10.6. The first-order valence-corrected chi connectivity index (χ1v) is 5.46. The predicted octanol–water partition coefficient (Wildman–Crippen LogP) is 2.41. The van der Waals surface area contributed by atoms with Crippen molar-refractivity contribution in [3.05, 3.63) is 34.9 Å². The van der Waals surface area contributed by atoms with E-state index in [-0.39, 0.29) is 18.4 Å². The first-order valence-electron chi connectivity index (χ1n) is 5.46. The lowest BCUT2D eigenvalue weighted by Crippen LogP contribution is -2.22. The predicted molar refractivity (Wildman–Crippen MR) is 64.3 cm³/mol.